The zero-order chi connectivity index (χ0) is 17.3. The van der Waals surface area contributed by atoms with Gasteiger partial charge >= 0.3 is 12.1 Å². The predicted octanol–water partition coefficient (Wildman–Crippen LogP) is 3.33. The fourth-order valence-corrected chi connectivity index (χ4v) is 1.93. The van der Waals surface area contributed by atoms with Crippen LogP contribution in [-0.2, 0) is 20.7 Å². The Morgan fingerprint density at radius 3 is 2.57 bits per heavy atom. The summed E-state index contributed by atoms with van der Waals surface area (Å²) in [5.41, 5.74) is 1.59. The molecule has 0 radical (unpaired) electrons. The predicted molar refractivity (Wildman–Crippen MR) is 90.0 cm³/mol. The van der Waals surface area contributed by atoms with E-state index in [1.54, 1.807) is 6.08 Å². The molecule has 0 heterocycles. The lowest BCUT2D eigenvalue weighted by molar-refractivity contribution is -0.134. The molecule has 1 rings (SSSR count). The minimum Gasteiger partial charge on any atom is -0.466 e. The van der Waals surface area contributed by atoms with Crippen LogP contribution in [0.25, 0.3) is 6.08 Å². The number of amides is 1. The van der Waals surface area contributed by atoms with E-state index in [0.29, 0.717) is 6.54 Å². The summed E-state index contributed by atoms with van der Waals surface area (Å²) in [7, 11) is 1.35. The third-order valence-electron chi connectivity index (χ3n) is 2.95. The van der Waals surface area contributed by atoms with Crippen molar-refractivity contribution in [3.05, 3.63) is 41.5 Å². The molecule has 0 saturated carbocycles. The molecule has 1 amide bonds. The standard InChI is InChI=1S/C18H25NO4/c1-18(2,3)23-17(21)19-13-7-10-14-8-5-6-9-15(14)11-12-16(20)22-4/h5-6,8-9,11-12H,7,10,13H2,1-4H3,(H,19,21)/b12-11+. The lowest BCUT2D eigenvalue weighted by Gasteiger charge is -2.19. The van der Waals surface area contributed by atoms with E-state index in [1.165, 1.54) is 13.2 Å². The van der Waals surface area contributed by atoms with Crippen LogP contribution >= 0.6 is 0 Å². The zero-order valence-electron chi connectivity index (χ0n) is 14.2. The van der Waals surface area contributed by atoms with Crippen molar-refractivity contribution in [2.75, 3.05) is 13.7 Å². The number of ether oxygens (including phenoxy) is 2. The highest BCUT2D eigenvalue weighted by atomic mass is 16.6. The molecule has 126 valence electrons. The van der Waals surface area contributed by atoms with Crippen molar-refractivity contribution < 1.29 is 19.1 Å². The molecule has 0 aliphatic rings. The second-order valence-electron chi connectivity index (χ2n) is 6.09. The zero-order valence-corrected chi connectivity index (χ0v) is 14.2. The molecule has 23 heavy (non-hydrogen) atoms. The second-order valence-corrected chi connectivity index (χ2v) is 6.09. The van der Waals surface area contributed by atoms with Crippen LogP contribution in [0.1, 0.15) is 38.3 Å². The van der Waals surface area contributed by atoms with Gasteiger partial charge in [0.25, 0.3) is 0 Å². The van der Waals surface area contributed by atoms with Gasteiger partial charge in [-0.1, -0.05) is 24.3 Å². The molecule has 5 heteroatoms. The van der Waals surface area contributed by atoms with Crippen LogP contribution in [0.15, 0.2) is 30.3 Å². The largest absolute Gasteiger partial charge is 0.466 e. The Bertz CT molecular complexity index is 558. The van der Waals surface area contributed by atoms with Crippen LogP contribution in [0, 0.1) is 0 Å². The first-order chi connectivity index (χ1) is 10.8. The summed E-state index contributed by atoms with van der Waals surface area (Å²) in [4.78, 5) is 22.7. The van der Waals surface area contributed by atoms with Gasteiger partial charge < -0.3 is 14.8 Å². The Morgan fingerprint density at radius 2 is 1.91 bits per heavy atom. The number of alkyl carbamates (subject to hydrolysis) is 1. The van der Waals surface area contributed by atoms with E-state index >= 15 is 0 Å². The first kappa shape index (κ1) is 18.7. The number of esters is 1. The highest BCUT2D eigenvalue weighted by molar-refractivity contribution is 5.87. The number of nitrogens with one attached hydrogen (secondary N) is 1. The van der Waals surface area contributed by atoms with Crippen molar-refractivity contribution in [1.29, 1.82) is 0 Å². The molecule has 0 aliphatic heterocycles. The molecular formula is C18H25NO4. The Labute approximate surface area is 137 Å². The van der Waals surface area contributed by atoms with Crippen LogP contribution in [0.4, 0.5) is 4.79 Å². The van der Waals surface area contributed by atoms with Gasteiger partial charge in [-0.25, -0.2) is 9.59 Å². The molecule has 1 aromatic carbocycles. The maximum Gasteiger partial charge on any atom is 0.407 e. The first-order valence-electron chi connectivity index (χ1n) is 7.62. The average molecular weight is 319 g/mol. The molecule has 0 atom stereocenters. The van der Waals surface area contributed by atoms with E-state index in [9.17, 15) is 9.59 Å². The smallest absolute Gasteiger partial charge is 0.407 e. The van der Waals surface area contributed by atoms with E-state index < -0.39 is 11.7 Å². The minimum absolute atomic E-state index is 0.383. The molecule has 0 aliphatic carbocycles. The molecular weight excluding hydrogens is 294 g/mol. The SMILES string of the molecule is COC(=O)/C=C/c1ccccc1CCCNC(=O)OC(C)(C)C. The van der Waals surface area contributed by atoms with Gasteiger partial charge in [-0.3, -0.25) is 0 Å². The van der Waals surface area contributed by atoms with Gasteiger partial charge in [-0.05, 0) is 50.8 Å². The number of benzene rings is 1. The maximum atomic E-state index is 11.6. The van der Waals surface area contributed by atoms with E-state index in [2.05, 4.69) is 10.1 Å². The third-order valence-corrected chi connectivity index (χ3v) is 2.95. The Hall–Kier alpha value is -2.30. The van der Waals surface area contributed by atoms with Crippen molar-refractivity contribution in [2.24, 2.45) is 0 Å². The Balaban J connectivity index is 2.48. The van der Waals surface area contributed by atoms with Crippen LogP contribution in [0.5, 0.6) is 0 Å². The summed E-state index contributed by atoms with van der Waals surface area (Å²) in [6.45, 7) is 6.02. The first-order valence-corrected chi connectivity index (χ1v) is 7.62. The number of hydrogen-bond acceptors (Lipinski definition) is 4. The normalized spacial score (nSPS) is 11.3. The van der Waals surface area contributed by atoms with Gasteiger partial charge in [0.05, 0.1) is 7.11 Å². The lowest BCUT2D eigenvalue weighted by Crippen LogP contribution is -2.33. The summed E-state index contributed by atoms with van der Waals surface area (Å²) in [5.74, 6) is -0.383. The summed E-state index contributed by atoms with van der Waals surface area (Å²) < 4.78 is 9.77. The van der Waals surface area contributed by atoms with Gasteiger partial charge in [0, 0.05) is 12.6 Å². The number of rotatable bonds is 6. The number of hydrogen-bond donors (Lipinski definition) is 1. The number of carbonyl (C=O) groups is 2. The van der Waals surface area contributed by atoms with E-state index in [-0.39, 0.29) is 5.97 Å². The second kappa shape index (κ2) is 8.98. The van der Waals surface area contributed by atoms with E-state index in [1.807, 2.05) is 45.0 Å². The highest BCUT2D eigenvalue weighted by Crippen LogP contribution is 2.13. The van der Waals surface area contributed by atoms with Gasteiger partial charge in [-0.2, -0.15) is 0 Å². The topological polar surface area (TPSA) is 64.6 Å². The third kappa shape index (κ3) is 8.04. The molecule has 0 bridgehead atoms. The quantitative estimate of drug-likeness (QED) is 0.496. The number of methoxy groups -OCH3 is 1. The molecule has 0 fully saturated rings. The Morgan fingerprint density at radius 1 is 1.22 bits per heavy atom. The van der Waals surface area contributed by atoms with Gasteiger partial charge in [0.15, 0.2) is 0 Å². The lowest BCUT2D eigenvalue weighted by atomic mass is 10.0. The van der Waals surface area contributed by atoms with Crippen molar-refractivity contribution in [3.8, 4) is 0 Å². The molecule has 5 nitrogen and oxygen atoms in total. The van der Waals surface area contributed by atoms with Crippen molar-refractivity contribution >= 4 is 18.1 Å². The summed E-state index contributed by atoms with van der Waals surface area (Å²) in [6.07, 6.45) is 4.30. The number of aryl methyl sites for hydroxylation is 1. The van der Waals surface area contributed by atoms with Gasteiger partial charge in [0.2, 0.25) is 0 Å². The van der Waals surface area contributed by atoms with Crippen LogP contribution < -0.4 is 5.32 Å². The van der Waals surface area contributed by atoms with Crippen LogP contribution in [0.3, 0.4) is 0 Å². The molecule has 0 aromatic heterocycles. The molecule has 0 spiro atoms. The monoisotopic (exact) mass is 319 g/mol. The number of carbonyl (C=O) groups excluding carboxylic acids is 2. The van der Waals surface area contributed by atoms with E-state index in [4.69, 9.17) is 4.74 Å². The van der Waals surface area contributed by atoms with Gasteiger partial charge in [0.1, 0.15) is 5.60 Å². The van der Waals surface area contributed by atoms with Crippen molar-refractivity contribution in [1.82, 2.24) is 5.32 Å². The summed E-state index contributed by atoms with van der Waals surface area (Å²) >= 11 is 0. The fourth-order valence-electron chi connectivity index (χ4n) is 1.93. The van der Waals surface area contributed by atoms with Gasteiger partial charge in [-0.15, -0.1) is 0 Å². The molecule has 1 N–H and O–H groups in total. The van der Waals surface area contributed by atoms with Crippen molar-refractivity contribution in [3.63, 3.8) is 0 Å². The molecule has 0 saturated heterocycles. The van der Waals surface area contributed by atoms with Crippen molar-refractivity contribution in [2.45, 2.75) is 39.2 Å². The highest BCUT2D eigenvalue weighted by Gasteiger charge is 2.15. The minimum atomic E-state index is -0.491. The fraction of sp³-hybridized carbons (Fsp3) is 0.444. The molecule has 1 aromatic rings. The maximum absolute atomic E-state index is 11.6. The summed E-state index contributed by atoms with van der Waals surface area (Å²) in [5, 5.41) is 2.73. The average Bonchev–Trinajstić information content (AvgIpc) is 2.48. The van der Waals surface area contributed by atoms with E-state index in [0.717, 1.165) is 24.0 Å². The summed E-state index contributed by atoms with van der Waals surface area (Å²) in [6, 6.07) is 7.81. The molecule has 0 unspecified atom stereocenters. The van der Waals surface area contributed by atoms with Crippen LogP contribution in [-0.4, -0.2) is 31.3 Å². The van der Waals surface area contributed by atoms with Crippen LogP contribution in [0.2, 0.25) is 0 Å². The Kier molecular flexibility index (Phi) is 7.32.